The van der Waals surface area contributed by atoms with E-state index in [0.29, 0.717) is 44.6 Å². The van der Waals surface area contributed by atoms with E-state index in [1.807, 2.05) is 0 Å². The number of imide groups is 2. The van der Waals surface area contributed by atoms with E-state index in [-0.39, 0.29) is 33.4 Å². The number of urea groups is 1. The van der Waals surface area contributed by atoms with E-state index in [4.69, 9.17) is 0 Å². The Morgan fingerprint density at radius 2 is 0.926 bits per heavy atom. The molecule has 0 aliphatic heterocycles. The van der Waals surface area contributed by atoms with Crippen molar-refractivity contribution in [3.8, 4) is 11.5 Å². The van der Waals surface area contributed by atoms with Crippen LogP contribution in [0.2, 0.25) is 0 Å². The molecule has 0 fully saturated rings. The summed E-state index contributed by atoms with van der Waals surface area (Å²) in [6.45, 7) is 3.24. The van der Waals surface area contributed by atoms with E-state index in [9.17, 15) is 50.5 Å². The summed E-state index contributed by atoms with van der Waals surface area (Å²) in [6.07, 6.45) is 0. The van der Waals surface area contributed by atoms with Gasteiger partial charge in [-0.15, -0.1) is 0 Å². The van der Waals surface area contributed by atoms with Crippen LogP contribution in [0.1, 0.15) is 31.8 Å². The Kier molecular flexibility index (Phi) is 9.74. The lowest BCUT2D eigenvalue weighted by molar-refractivity contribution is 0.0944. The summed E-state index contributed by atoms with van der Waals surface area (Å²) >= 11 is 0. The molecule has 276 valence electrons. The van der Waals surface area contributed by atoms with Crippen molar-refractivity contribution < 1.29 is 50.5 Å². The second-order valence-electron chi connectivity index (χ2n) is 12.2. The van der Waals surface area contributed by atoms with Gasteiger partial charge in [-0.25, -0.2) is 4.79 Å². The molecule has 0 saturated carbocycles. The van der Waals surface area contributed by atoms with E-state index in [1.165, 1.54) is 24.3 Å². The third-order valence-electron chi connectivity index (χ3n) is 8.41. The number of hydrogen-bond acceptors (Lipinski definition) is 11. The molecular formula is C37H30N4O11S2. The van der Waals surface area contributed by atoms with Gasteiger partial charge in [-0.05, 0) is 96.4 Å². The lowest BCUT2D eigenvalue weighted by Gasteiger charge is -2.14. The van der Waals surface area contributed by atoms with Gasteiger partial charge in [0.25, 0.3) is 32.1 Å². The van der Waals surface area contributed by atoms with E-state index < -0.39 is 47.9 Å². The first-order chi connectivity index (χ1) is 25.4. The van der Waals surface area contributed by atoms with Crippen LogP contribution in [0.4, 0.5) is 27.5 Å². The molecule has 6 rings (SSSR count). The Morgan fingerprint density at radius 1 is 0.537 bits per heavy atom. The predicted molar refractivity (Wildman–Crippen MR) is 200 cm³/mol. The van der Waals surface area contributed by atoms with Crippen LogP contribution in [0.5, 0.6) is 11.5 Å². The zero-order valence-electron chi connectivity index (χ0n) is 28.2. The van der Waals surface area contributed by atoms with Gasteiger partial charge >= 0.3 is 6.03 Å². The Bertz CT molecular complexity index is 2600. The van der Waals surface area contributed by atoms with Crippen molar-refractivity contribution in [2.45, 2.75) is 23.6 Å². The highest BCUT2D eigenvalue weighted by Crippen LogP contribution is 2.37. The number of hydrogen-bond donors (Lipinski definition) is 8. The van der Waals surface area contributed by atoms with Crippen molar-refractivity contribution in [2.24, 2.45) is 0 Å². The minimum absolute atomic E-state index is 0.127. The molecular weight excluding hydrogens is 741 g/mol. The van der Waals surface area contributed by atoms with Crippen LogP contribution in [0, 0.1) is 13.8 Å². The number of carbonyl (C=O) groups excluding carboxylic acids is 3. The van der Waals surface area contributed by atoms with Gasteiger partial charge in [0.05, 0.1) is 21.2 Å². The van der Waals surface area contributed by atoms with Crippen molar-refractivity contribution in [1.29, 1.82) is 0 Å². The number of benzene rings is 6. The zero-order valence-corrected chi connectivity index (χ0v) is 29.8. The number of aromatic hydroxyl groups is 2. The maximum atomic E-state index is 13.0. The molecule has 0 spiro atoms. The van der Waals surface area contributed by atoms with Gasteiger partial charge in [-0.2, -0.15) is 16.8 Å². The molecule has 0 aliphatic carbocycles. The summed E-state index contributed by atoms with van der Waals surface area (Å²) < 4.78 is 65.1. The average Bonchev–Trinajstić information content (AvgIpc) is 3.07. The lowest BCUT2D eigenvalue weighted by Crippen LogP contribution is -2.42. The second kappa shape index (κ2) is 14.1. The second-order valence-corrected chi connectivity index (χ2v) is 15.0. The van der Waals surface area contributed by atoms with Gasteiger partial charge in [0.15, 0.2) is 0 Å². The maximum Gasteiger partial charge on any atom is 0.328 e. The molecule has 0 bridgehead atoms. The minimum Gasteiger partial charge on any atom is -0.507 e. The highest BCUT2D eigenvalue weighted by atomic mass is 32.2. The number of amides is 4. The van der Waals surface area contributed by atoms with Crippen LogP contribution in [0.25, 0.3) is 21.5 Å². The molecule has 0 unspecified atom stereocenters. The summed E-state index contributed by atoms with van der Waals surface area (Å²) in [5, 5.41) is 32.8. The van der Waals surface area contributed by atoms with E-state index in [2.05, 4.69) is 21.3 Å². The highest BCUT2D eigenvalue weighted by Gasteiger charge is 2.20. The van der Waals surface area contributed by atoms with E-state index >= 15 is 0 Å². The van der Waals surface area contributed by atoms with Gasteiger partial charge < -0.3 is 20.8 Å². The van der Waals surface area contributed by atoms with Crippen molar-refractivity contribution in [1.82, 2.24) is 10.6 Å². The first-order valence-electron chi connectivity index (χ1n) is 15.8. The first kappa shape index (κ1) is 37.2. The fraction of sp³-hybridized carbons (Fsp3) is 0.0541. The van der Waals surface area contributed by atoms with Gasteiger partial charge in [0.1, 0.15) is 11.5 Å². The minimum atomic E-state index is -4.55. The molecule has 6 aromatic rings. The van der Waals surface area contributed by atoms with Crippen LogP contribution in [0.3, 0.4) is 0 Å². The van der Waals surface area contributed by atoms with Crippen molar-refractivity contribution >= 4 is 82.4 Å². The van der Waals surface area contributed by atoms with Gasteiger partial charge in [-0.1, -0.05) is 24.3 Å². The van der Waals surface area contributed by atoms with E-state index in [1.54, 1.807) is 74.5 Å². The number of carbonyl (C=O) groups is 3. The summed E-state index contributed by atoms with van der Waals surface area (Å²) in [7, 11) is -9.11. The monoisotopic (exact) mass is 770 g/mol. The number of rotatable bonds is 8. The summed E-state index contributed by atoms with van der Waals surface area (Å²) in [5.74, 6) is -2.35. The average molecular weight is 771 g/mol. The van der Waals surface area contributed by atoms with Crippen LogP contribution >= 0.6 is 0 Å². The topological polar surface area (TPSA) is 249 Å². The third kappa shape index (κ3) is 7.79. The van der Waals surface area contributed by atoms with Crippen LogP contribution in [0.15, 0.2) is 107 Å². The highest BCUT2D eigenvalue weighted by molar-refractivity contribution is 7.86. The van der Waals surface area contributed by atoms with Crippen molar-refractivity contribution in [2.75, 3.05) is 10.6 Å². The molecule has 0 aromatic heterocycles. The molecule has 6 aromatic carbocycles. The van der Waals surface area contributed by atoms with Crippen LogP contribution in [-0.4, -0.2) is 54.0 Å². The van der Waals surface area contributed by atoms with E-state index in [0.717, 1.165) is 12.1 Å². The summed E-state index contributed by atoms with van der Waals surface area (Å²) in [6, 6.07) is 22.1. The van der Waals surface area contributed by atoms with Crippen molar-refractivity contribution in [3.63, 3.8) is 0 Å². The number of anilines is 4. The fourth-order valence-electron chi connectivity index (χ4n) is 5.94. The van der Waals surface area contributed by atoms with Gasteiger partial charge in [0, 0.05) is 45.4 Å². The number of nitrogens with one attached hydrogen (secondary N) is 4. The largest absolute Gasteiger partial charge is 0.507 e. The van der Waals surface area contributed by atoms with Crippen LogP contribution < -0.4 is 21.3 Å². The Labute approximate surface area is 307 Å². The lowest BCUT2D eigenvalue weighted by atomic mass is 10.1. The molecule has 0 heterocycles. The molecule has 17 heteroatoms. The molecule has 0 saturated heterocycles. The van der Waals surface area contributed by atoms with Crippen molar-refractivity contribution in [3.05, 3.63) is 119 Å². The molecule has 0 aliphatic rings. The quantitative estimate of drug-likeness (QED) is 0.0795. The predicted octanol–water partition coefficient (Wildman–Crippen LogP) is 6.28. The molecule has 0 radical (unpaired) electrons. The number of aryl methyl sites for hydroxylation is 2. The summed E-state index contributed by atoms with van der Waals surface area (Å²) in [5.41, 5.74) is 2.95. The number of fused-ring (bicyclic) bond motifs is 2. The van der Waals surface area contributed by atoms with Gasteiger partial charge in [0.2, 0.25) is 0 Å². The number of phenolic OH excluding ortho intramolecular Hbond substituents is 2. The molecule has 54 heavy (non-hydrogen) atoms. The smallest absolute Gasteiger partial charge is 0.328 e. The molecule has 0 atom stereocenters. The SMILES string of the molecule is Cc1cc(Nc2cccc3cc(S(=O)(=O)O)cc(O)c23)ccc1C(=O)NC(=O)NC(=O)c1ccc(Nc2cccc3cc(S(=O)(=O)O)cc(O)c23)cc1C. The Balaban J connectivity index is 1.11. The van der Waals surface area contributed by atoms with Crippen LogP contribution in [-0.2, 0) is 20.2 Å². The molecule has 8 N–H and O–H groups in total. The third-order valence-corrected chi connectivity index (χ3v) is 10.1. The maximum absolute atomic E-state index is 13.0. The normalized spacial score (nSPS) is 11.6. The zero-order chi connectivity index (χ0) is 39.1. The molecule has 4 amide bonds. The first-order valence-corrected chi connectivity index (χ1v) is 18.7. The number of phenols is 2. The molecule has 15 nitrogen and oxygen atoms in total. The fourth-order valence-corrected chi connectivity index (χ4v) is 7.01. The Hall–Kier alpha value is -6.53. The standard InChI is InChI=1S/C37H30N4O11S2/c1-19-13-23(38-29-7-3-5-21-15-25(53(47,48)49)17-31(42)33(21)29)9-11-27(19)35(44)40-37(46)41-36(45)28-12-10-24(14-20(28)2)39-30-8-4-6-22-16-26(54(50,51)52)18-32(43)34(22)30/h3-18,38-39,42-43H,1-2H3,(H,47,48,49)(H,50,51,52)(H2,40,41,44,45,46). The van der Waals surface area contributed by atoms with Gasteiger partial charge in [-0.3, -0.25) is 29.3 Å². The summed E-state index contributed by atoms with van der Waals surface area (Å²) in [4.78, 5) is 37.7. The Morgan fingerprint density at radius 3 is 1.28 bits per heavy atom.